The lowest BCUT2D eigenvalue weighted by Crippen LogP contribution is -2.13. The van der Waals surface area contributed by atoms with Gasteiger partial charge in [-0.05, 0) is 30.7 Å². The van der Waals surface area contributed by atoms with Crippen LogP contribution in [-0.4, -0.2) is 21.3 Å². The van der Waals surface area contributed by atoms with E-state index in [-0.39, 0.29) is 0 Å². The molecule has 1 aromatic heterocycles. The molecule has 0 amide bonds. The van der Waals surface area contributed by atoms with E-state index in [1.54, 1.807) is 19.2 Å². The van der Waals surface area contributed by atoms with Crippen molar-refractivity contribution in [2.45, 2.75) is 19.1 Å². The predicted molar refractivity (Wildman–Crippen MR) is 58.4 cm³/mol. The van der Waals surface area contributed by atoms with Gasteiger partial charge in [0, 0.05) is 11.6 Å². The molecular weight excluding hydrogens is 190 g/mol. The first kappa shape index (κ1) is 10.1. The quantitative estimate of drug-likeness (QED) is 0.780. The summed E-state index contributed by atoms with van der Waals surface area (Å²) in [5.74, 6) is 0. The molecule has 1 aromatic carbocycles. The normalized spacial score (nSPS) is 15.1. The highest BCUT2D eigenvalue weighted by atomic mass is 16.3. The van der Waals surface area contributed by atoms with Gasteiger partial charge >= 0.3 is 0 Å². The number of aliphatic hydroxyl groups is 2. The zero-order valence-corrected chi connectivity index (χ0v) is 8.46. The van der Waals surface area contributed by atoms with Gasteiger partial charge in [0.2, 0.25) is 0 Å². The van der Waals surface area contributed by atoms with E-state index < -0.39 is 12.2 Å². The van der Waals surface area contributed by atoms with Gasteiger partial charge in [0.05, 0.1) is 11.6 Å². The number of aliphatic hydroxyl groups excluding tert-OH is 2. The van der Waals surface area contributed by atoms with E-state index in [1.165, 1.54) is 0 Å². The van der Waals surface area contributed by atoms with E-state index in [0.29, 0.717) is 5.56 Å². The van der Waals surface area contributed by atoms with Gasteiger partial charge in [-0.15, -0.1) is 0 Å². The number of hydrogen-bond acceptors (Lipinski definition) is 3. The maximum absolute atomic E-state index is 9.69. The summed E-state index contributed by atoms with van der Waals surface area (Å²) in [4.78, 5) is 4.18. The van der Waals surface area contributed by atoms with Crippen LogP contribution in [0.25, 0.3) is 10.9 Å². The first-order chi connectivity index (χ1) is 7.18. The van der Waals surface area contributed by atoms with Crippen LogP contribution in [0.2, 0.25) is 0 Å². The number of benzene rings is 1. The van der Waals surface area contributed by atoms with E-state index >= 15 is 0 Å². The van der Waals surface area contributed by atoms with Crippen LogP contribution in [0.1, 0.15) is 18.6 Å². The molecule has 0 fully saturated rings. The molecule has 15 heavy (non-hydrogen) atoms. The highest BCUT2D eigenvalue weighted by Crippen LogP contribution is 2.21. The Morgan fingerprint density at radius 3 is 2.73 bits per heavy atom. The van der Waals surface area contributed by atoms with Crippen molar-refractivity contribution in [2.24, 2.45) is 0 Å². The lowest BCUT2D eigenvalue weighted by molar-refractivity contribution is 0.0306. The Bertz CT molecular complexity index is 468. The number of nitrogens with zero attached hydrogens (tertiary/aromatic N) is 1. The molecule has 2 aromatic rings. The Balaban J connectivity index is 2.47. The lowest BCUT2D eigenvalue weighted by atomic mass is 10.0. The molecule has 0 spiro atoms. The smallest absolute Gasteiger partial charge is 0.105 e. The summed E-state index contributed by atoms with van der Waals surface area (Å²) in [6, 6.07) is 9.25. The predicted octanol–water partition coefficient (Wildman–Crippen LogP) is 1.65. The van der Waals surface area contributed by atoms with Crippen LogP contribution in [0, 0.1) is 0 Å². The Labute approximate surface area is 88.0 Å². The standard InChI is InChI=1S/C12H13NO2/c1-8(14)12(15)10-4-5-11-9(7-10)3-2-6-13-11/h2-8,12,14-15H,1H3. The van der Waals surface area contributed by atoms with Crippen LogP contribution in [0.4, 0.5) is 0 Å². The maximum Gasteiger partial charge on any atom is 0.105 e. The highest BCUT2D eigenvalue weighted by Gasteiger charge is 2.13. The summed E-state index contributed by atoms with van der Waals surface area (Å²) in [5, 5.41) is 19.9. The summed E-state index contributed by atoms with van der Waals surface area (Å²) < 4.78 is 0. The Kier molecular flexibility index (Phi) is 2.66. The fourth-order valence-corrected chi connectivity index (χ4v) is 1.56. The third-order valence-corrected chi connectivity index (χ3v) is 2.43. The molecule has 0 aliphatic carbocycles. The summed E-state index contributed by atoms with van der Waals surface area (Å²) in [6.07, 6.45) is 0.126. The molecule has 0 bridgehead atoms. The lowest BCUT2D eigenvalue weighted by Gasteiger charge is -2.14. The van der Waals surface area contributed by atoms with Crippen LogP contribution >= 0.6 is 0 Å². The van der Waals surface area contributed by atoms with Gasteiger partial charge in [0.25, 0.3) is 0 Å². The van der Waals surface area contributed by atoms with E-state index in [4.69, 9.17) is 0 Å². The van der Waals surface area contributed by atoms with Gasteiger partial charge in [-0.25, -0.2) is 0 Å². The first-order valence-electron chi connectivity index (χ1n) is 4.89. The van der Waals surface area contributed by atoms with E-state index in [9.17, 15) is 10.2 Å². The highest BCUT2D eigenvalue weighted by molar-refractivity contribution is 5.79. The topological polar surface area (TPSA) is 53.4 Å². The molecule has 2 atom stereocenters. The van der Waals surface area contributed by atoms with E-state index in [1.807, 2.05) is 24.3 Å². The average Bonchev–Trinajstić information content (AvgIpc) is 2.27. The van der Waals surface area contributed by atoms with Crippen molar-refractivity contribution in [1.29, 1.82) is 0 Å². The van der Waals surface area contributed by atoms with Gasteiger partial charge < -0.3 is 10.2 Å². The van der Waals surface area contributed by atoms with Crippen molar-refractivity contribution in [3.63, 3.8) is 0 Å². The summed E-state index contributed by atoms with van der Waals surface area (Å²) in [6.45, 7) is 1.57. The molecule has 0 saturated heterocycles. The van der Waals surface area contributed by atoms with E-state index in [2.05, 4.69) is 4.98 Å². The molecule has 0 aliphatic rings. The van der Waals surface area contributed by atoms with Crippen LogP contribution in [0.5, 0.6) is 0 Å². The fourth-order valence-electron chi connectivity index (χ4n) is 1.56. The Morgan fingerprint density at radius 1 is 1.20 bits per heavy atom. The number of fused-ring (bicyclic) bond motifs is 1. The van der Waals surface area contributed by atoms with Gasteiger partial charge in [-0.3, -0.25) is 4.98 Å². The first-order valence-corrected chi connectivity index (χ1v) is 4.89. The summed E-state index contributed by atoms with van der Waals surface area (Å²) >= 11 is 0. The molecule has 0 saturated carbocycles. The van der Waals surface area contributed by atoms with Crippen LogP contribution in [0.15, 0.2) is 36.5 Å². The van der Waals surface area contributed by atoms with Gasteiger partial charge in [-0.1, -0.05) is 12.1 Å². The van der Waals surface area contributed by atoms with Crippen molar-refractivity contribution >= 4 is 10.9 Å². The monoisotopic (exact) mass is 203 g/mol. The minimum Gasteiger partial charge on any atom is -0.390 e. The van der Waals surface area contributed by atoms with Crippen LogP contribution in [-0.2, 0) is 0 Å². The second kappa shape index (κ2) is 3.96. The molecule has 2 unspecified atom stereocenters. The molecule has 78 valence electrons. The Hall–Kier alpha value is -1.45. The third kappa shape index (κ3) is 1.98. The molecule has 0 radical (unpaired) electrons. The minimum absolute atomic E-state index is 0.713. The molecule has 3 heteroatoms. The number of pyridine rings is 1. The van der Waals surface area contributed by atoms with Gasteiger partial charge in [0.15, 0.2) is 0 Å². The zero-order chi connectivity index (χ0) is 10.8. The van der Waals surface area contributed by atoms with Crippen molar-refractivity contribution in [2.75, 3.05) is 0 Å². The maximum atomic E-state index is 9.69. The Morgan fingerprint density at radius 2 is 2.00 bits per heavy atom. The molecule has 2 rings (SSSR count). The minimum atomic E-state index is -0.838. The molecular formula is C12H13NO2. The van der Waals surface area contributed by atoms with Gasteiger partial charge in [-0.2, -0.15) is 0 Å². The molecule has 1 heterocycles. The second-order valence-corrected chi connectivity index (χ2v) is 3.64. The fraction of sp³-hybridized carbons (Fsp3) is 0.250. The van der Waals surface area contributed by atoms with Crippen molar-refractivity contribution in [3.8, 4) is 0 Å². The molecule has 0 aliphatic heterocycles. The zero-order valence-electron chi connectivity index (χ0n) is 8.46. The van der Waals surface area contributed by atoms with Crippen LogP contribution < -0.4 is 0 Å². The number of aromatic nitrogens is 1. The number of rotatable bonds is 2. The molecule has 3 nitrogen and oxygen atoms in total. The summed E-state index contributed by atoms with van der Waals surface area (Å²) in [7, 11) is 0. The van der Waals surface area contributed by atoms with Gasteiger partial charge in [0.1, 0.15) is 6.10 Å². The van der Waals surface area contributed by atoms with Crippen molar-refractivity contribution in [3.05, 3.63) is 42.1 Å². The van der Waals surface area contributed by atoms with Crippen LogP contribution in [0.3, 0.4) is 0 Å². The average molecular weight is 203 g/mol. The SMILES string of the molecule is CC(O)C(O)c1ccc2ncccc2c1. The largest absolute Gasteiger partial charge is 0.390 e. The van der Waals surface area contributed by atoms with Crippen molar-refractivity contribution in [1.82, 2.24) is 4.98 Å². The second-order valence-electron chi connectivity index (χ2n) is 3.64. The van der Waals surface area contributed by atoms with Crippen molar-refractivity contribution < 1.29 is 10.2 Å². The molecule has 2 N–H and O–H groups in total. The summed E-state index contributed by atoms with van der Waals surface area (Å²) in [5.41, 5.74) is 1.60. The number of hydrogen-bond donors (Lipinski definition) is 2. The third-order valence-electron chi connectivity index (χ3n) is 2.43. The van der Waals surface area contributed by atoms with E-state index in [0.717, 1.165) is 10.9 Å².